The lowest BCUT2D eigenvalue weighted by Crippen LogP contribution is -2.36. The lowest BCUT2D eigenvalue weighted by atomic mass is 9.76. The number of aliphatic hydroxyl groups excluding tert-OH is 1. The predicted octanol–water partition coefficient (Wildman–Crippen LogP) is 2.18. The summed E-state index contributed by atoms with van der Waals surface area (Å²) >= 11 is 0. The van der Waals surface area contributed by atoms with Crippen LogP contribution in [-0.4, -0.2) is 30.4 Å². The zero-order valence-electron chi connectivity index (χ0n) is 12.1. The van der Waals surface area contributed by atoms with Crippen LogP contribution < -0.4 is 4.74 Å². The maximum absolute atomic E-state index is 11.8. The van der Waals surface area contributed by atoms with Gasteiger partial charge in [0.2, 0.25) is 0 Å². The molecule has 4 heteroatoms. The molecule has 1 N–H and O–H groups in total. The van der Waals surface area contributed by atoms with Gasteiger partial charge in [0.1, 0.15) is 11.9 Å². The minimum absolute atomic E-state index is 0.105. The van der Waals surface area contributed by atoms with Crippen molar-refractivity contribution in [3.05, 3.63) is 34.4 Å². The van der Waals surface area contributed by atoms with E-state index < -0.39 is 12.2 Å². The third kappa shape index (κ3) is 1.61. The molecule has 3 rings (SSSR count). The first-order chi connectivity index (χ1) is 9.45. The smallest absolute Gasteiger partial charge is 0.334 e. The summed E-state index contributed by atoms with van der Waals surface area (Å²) in [6, 6.07) is 3.97. The van der Waals surface area contributed by atoms with Gasteiger partial charge in [0, 0.05) is 17.1 Å². The molecule has 0 bridgehead atoms. The number of benzene rings is 1. The number of rotatable bonds is 1. The molecule has 0 radical (unpaired) electrons. The van der Waals surface area contributed by atoms with E-state index in [1.807, 2.05) is 26.0 Å². The van der Waals surface area contributed by atoms with E-state index in [2.05, 4.69) is 0 Å². The van der Waals surface area contributed by atoms with Crippen LogP contribution >= 0.6 is 0 Å². The molecule has 1 aromatic rings. The van der Waals surface area contributed by atoms with Gasteiger partial charge < -0.3 is 14.6 Å². The molecule has 0 amide bonds. The Bertz CT molecular complexity index is 630. The first kappa shape index (κ1) is 13.2. The van der Waals surface area contributed by atoms with Crippen LogP contribution in [0.3, 0.4) is 0 Å². The average molecular weight is 274 g/mol. The van der Waals surface area contributed by atoms with Gasteiger partial charge in [-0.05, 0) is 42.7 Å². The van der Waals surface area contributed by atoms with Gasteiger partial charge in [-0.2, -0.15) is 0 Å². The highest BCUT2D eigenvalue weighted by atomic mass is 16.6. The fraction of sp³-hybridized carbons (Fsp3) is 0.438. The van der Waals surface area contributed by atoms with Crippen molar-refractivity contribution in [1.82, 2.24) is 0 Å². The third-order valence-corrected chi connectivity index (χ3v) is 4.40. The number of esters is 1. The summed E-state index contributed by atoms with van der Waals surface area (Å²) in [5.74, 6) is 0.356. The Balaban J connectivity index is 2.28. The minimum Gasteiger partial charge on any atom is -0.496 e. The number of hydrogen-bond donors (Lipinski definition) is 1. The molecule has 20 heavy (non-hydrogen) atoms. The van der Waals surface area contributed by atoms with Gasteiger partial charge in [-0.1, -0.05) is 6.92 Å². The Morgan fingerprint density at radius 3 is 2.65 bits per heavy atom. The van der Waals surface area contributed by atoms with Crippen molar-refractivity contribution in [2.45, 2.75) is 38.9 Å². The van der Waals surface area contributed by atoms with E-state index in [4.69, 9.17) is 9.47 Å². The Kier molecular flexibility index (Phi) is 2.87. The Hall–Kier alpha value is -1.81. The fourth-order valence-electron chi connectivity index (χ4n) is 3.16. The molecule has 0 aromatic heterocycles. The van der Waals surface area contributed by atoms with Crippen LogP contribution in [0.4, 0.5) is 0 Å². The molecular weight excluding hydrogens is 256 g/mol. The summed E-state index contributed by atoms with van der Waals surface area (Å²) in [6.07, 6.45) is -1.26. The van der Waals surface area contributed by atoms with E-state index in [1.165, 1.54) is 0 Å². The third-order valence-electron chi connectivity index (χ3n) is 4.40. The molecule has 0 saturated heterocycles. The summed E-state index contributed by atoms with van der Waals surface area (Å²) in [7, 11) is 1.63. The molecule has 4 nitrogen and oxygen atoms in total. The molecule has 1 aliphatic heterocycles. The molecule has 2 aliphatic rings. The highest BCUT2D eigenvalue weighted by Crippen LogP contribution is 2.46. The van der Waals surface area contributed by atoms with Crippen LogP contribution in [0.25, 0.3) is 5.57 Å². The summed E-state index contributed by atoms with van der Waals surface area (Å²) in [5, 5.41) is 10.4. The number of aryl methyl sites for hydroxylation is 1. The summed E-state index contributed by atoms with van der Waals surface area (Å²) in [6.45, 7) is 5.66. The van der Waals surface area contributed by atoms with Crippen molar-refractivity contribution in [2.24, 2.45) is 0 Å². The van der Waals surface area contributed by atoms with Gasteiger partial charge in [-0.25, -0.2) is 4.79 Å². The SMILES string of the molecule is COc1cc2c(cc1C)C1=C(C)C(=O)OC1C(O)C2C. The number of carbonyl (C=O) groups is 1. The zero-order chi connectivity index (χ0) is 14.6. The second-order valence-electron chi connectivity index (χ2n) is 5.55. The molecule has 0 fully saturated rings. The van der Waals surface area contributed by atoms with Crippen molar-refractivity contribution in [3.63, 3.8) is 0 Å². The highest BCUT2D eigenvalue weighted by Gasteiger charge is 2.45. The fourth-order valence-corrected chi connectivity index (χ4v) is 3.16. The maximum atomic E-state index is 11.8. The topological polar surface area (TPSA) is 55.8 Å². The van der Waals surface area contributed by atoms with Crippen molar-refractivity contribution >= 4 is 11.5 Å². The molecular formula is C16H18O4. The molecule has 106 valence electrons. The quantitative estimate of drug-likeness (QED) is 0.797. The van der Waals surface area contributed by atoms with Crippen molar-refractivity contribution in [1.29, 1.82) is 0 Å². The number of methoxy groups -OCH3 is 1. The minimum atomic E-state index is -0.716. The Labute approximate surface area is 118 Å². The molecule has 3 unspecified atom stereocenters. The Morgan fingerprint density at radius 2 is 2.00 bits per heavy atom. The summed E-state index contributed by atoms with van der Waals surface area (Å²) in [5.41, 5.74) is 4.42. The van der Waals surface area contributed by atoms with Gasteiger partial charge in [0.15, 0.2) is 6.10 Å². The van der Waals surface area contributed by atoms with Crippen LogP contribution in [0.1, 0.15) is 36.5 Å². The molecule has 0 spiro atoms. The molecule has 0 saturated carbocycles. The molecule has 3 atom stereocenters. The normalized spacial score (nSPS) is 28.1. The average Bonchev–Trinajstić information content (AvgIpc) is 2.72. The van der Waals surface area contributed by atoms with Gasteiger partial charge in [0.05, 0.1) is 7.11 Å². The maximum Gasteiger partial charge on any atom is 0.334 e. The van der Waals surface area contributed by atoms with Crippen molar-refractivity contribution in [3.8, 4) is 5.75 Å². The van der Waals surface area contributed by atoms with Crippen LogP contribution in [0.5, 0.6) is 5.75 Å². The second kappa shape index (κ2) is 4.35. The standard InChI is InChI=1S/C16H18O4/c1-7-5-11-10(6-12(7)19-4)8(2)14(17)15-13(11)9(3)16(18)20-15/h5-6,8,14-15,17H,1-4H3. The van der Waals surface area contributed by atoms with Crippen molar-refractivity contribution < 1.29 is 19.4 Å². The van der Waals surface area contributed by atoms with Gasteiger partial charge in [0.25, 0.3) is 0 Å². The first-order valence-corrected chi connectivity index (χ1v) is 6.74. The van der Waals surface area contributed by atoms with Crippen molar-refractivity contribution in [2.75, 3.05) is 7.11 Å². The molecule has 1 heterocycles. The van der Waals surface area contributed by atoms with E-state index in [0.29, 0.717) is 5.57 Å². The highest BCUT2D eigenvalue weighted by molar-refractivity contribution is 6.03. The number of carbonyl (C=O) groups excluding carboxylic acids is 1. The lowest BCUT2D eigenvalue weighted by molar-refractivity contribution is -0.143. The monoisotopic (exact) mass is 274 g/mol. The van der Waals surface area contributed by atoms with Crippen LogP contribution in [0.15, 0.2) is 17.7 Å². The van der Waals surface area contributed by atoms with Gasteiger partial charge in [-0.3, -0.25) is 0 Å². The molecule has 1 aliphatic carbocycles. The zero-order valence-corrected chi connectivity index (χ0v) is 12.1. The largest absolute Gasteiger partial charge is 0.496 e. The summed E-state index contributed by atoms with van der Waals surface area (Å²) < 4.78 is 10.7. The van der Waals surface area contributed by atoms with E-state index in [1.54, 1.807) is 14.0 Å². The predicted molar refractivity (Wildman–Crippen MR) is 74.6 cm³/mol. The second-order valence-corrected chi connectivity index (χ2v) is 5.55. The van der Waals surface area contributed by atoms with E-state index in [-0.39, 0.29) is 11.9 Å². The van der Waals surface area contributed by atoms with E-state index >= 15 is 0 Å². The summed E-state index contributed by atoms with van der Waals surface area (Å²) in [4.78, 5) is 11.8. The van der Waals surface area contributed by atoms with E-state index in [0.717, 1.165) is 28.0 Å². The first-order valence-electron chi connectivity index (χ1n) is 6.74. The van der Waals surface area contributed by atoms with E-state index in [9.17, 15) is 9.90 Å². The number of aliphatic hydroxyl groups is 1. The van der Waals surface area contributed by atoms with Crippen LogP contribution in [0, 0.1) is 6.92 Å². The van der Waals surface area contributed by atoms with Gasteiger partial charge >= 0.3 is 5.97 Å². The number of ether oxygens (including phenoxy) is 2. The van der Waals surface area contributed by atoms with Gasteiger partial charge in [-0.15, -0.1) is 0 Å². The number of hydrogen-bond acceptors (Lipinski definition) is 4. The molecule has 1 aromatic carbocycles. The van der Waals surface area contributed by atoms with Crippen LogP contribution in [0.2, 0.25) is 0 Å². The van der Waals surface area contributed by atoms with Crippen LogP contribution in [-0.2, 0) is 9.53 Å². The lowest BCUT2D eigenvalue weighted by Gasteiger charge is -2.34. The Morgan fingerprint density at radius 1 is 1.30 bits per heavy atom. The number of fused-ring (bicyclic) bond motifs is 3.